The van der Waals surface area contributed by atoms with Crippen molar-refractivity contribution in [1.82, 2.24) is 19.9 Å². The Morgan fingerprint density at radius 3 is 2.90 bits per heavy atom. The van der Waals surface area contributed by atoms with Gasteiger partial charge in [0.1, 0.15) is 5.82 Å². The van der Waals surface area contributed by atoms with Crippen LogP contribution in [0.4, 0.5) is 0 Å². The van der Waals surface area contributed by atoms with Crippen LogP contribution in [0.3, 0.4) is 0 Å². The van der Waals surface area contributed by atoms with Gasteiger partial charge in [0, 0.05) is 18.8 Å². The second-order valence-electron chi connectivity index (χ2n) is 4.80. The van der Waals surface area contributed by atoms with E-state index in [9.17, 15) is 0 Å². The molecule has 0 fully saturated rings. The first-order valence-corrected chi connectivity index (χ1v) is 7.75. The molecule has 20 heavy (non-hydrogen) atoms. The monoisotopic (exact) mass is 286 g/mol. The van der Waals surface area contributed by atoms with E-state index < -0.39 is 0 Å². The van der Waals surface area contributed by atoms with E-state index in [0.717, 1.165) is 30.0 Å². The molecule has 2 heterocycles. The summed E-state index contributed by atoms with van der Waals surface area (Å²) in [5.74, 6) is 1.09. The van der Waals surface area contributed by atoms with Crippen LogP contribution < -0.4 is 5.32 Å². The zero-order valence-corrected chi connectivity index (χ0v) is 12.5. The molecule has 3 rings (SSSR count). The lowest BCUT2D eigenvalue weighted by Crippen LogP contribution is -2.24. The van der Waals surface area contributed by atoms with Gasteiger partial charge >= 0.3 is 0 Å². The predicted octanol–water partition coefficient (Wildman–Crippen LogP) is 2.92. The zero-order chi connectivity index (χ0) is 13.9. The van der Waals surface area contributed by atoms with E-state index in [-0.39, 0.29) is 6.04 Å². The summed E-state index contributed by atoms with van der Waals surface area (Å²) in [6, 6.07) is 8.47. The average molecular weight is 286 g/mol. The summed E-state index contributed by atoms with van der Waals surface area (Å²) >= 11 is 1.64. The van der Waals surface area contributed by atoms with Crippen LogP contribution in [0.2, 0.25) is 0 Å². The Labute approximate surface area is 122 Å². The summed E-state index contributed by atoms with van der Waals surface area (Å²) in [5.41, 5.74) is 5.22. The number of aryl methyl sites for hydroxylation is 1. The second-order valence-corrected chi connectivity index (χ2v) is 5.52. The molecule has 1 unspecified atom stereocenters. The summed E-state index contributed by atoms with van der Waals surface area (Å²) in [7, 11) is 2.08. The Bertz CT molecular complexity index is 687. The third-order valence-electron chi connectivity index (χ3n) is 3.53. The molecule has 1 N–H and O–H groups in total. The Hall–Kier alpha value is -1.72. The maximum atomic E-state index is 4.74. The lowest BCUT2D eigenvalue weighted by Gasteiger charge is -2.15. The van der Waals surface area contributed by atoms with Crippen LogP contribution in [0, 0.1) is 0 Å². The molecule has 0 bridgehead atoms. The summed E-state index contributed by atoms with van der Waals surface area (Å²) in [4.78, 5) is 9.18. The molecular formula is C15H18N4S. The molecule has 0 amide bonds. The minimum atomic E-state index is 0.224. The first kappa shape index (κ1) is 13.3. The minimum Gasteiger partial charge on any atom is -0.331 e. The third kappa shape index (κ3) is 2.46. The predicted molar refractivity (Wildman–Crippen MR) is 82.9 cm³/mol. The van der Waals surface area contributed by atoms with E-state index in [1.165, 1.54) is 5.52 Å². The van der Waals surface area contributed by atoms with E-state index in [1.807, 2.05) is 11.6 Å². The van der Waals surface area contributed by atoms with Crippen molar-refractivity contribution in [3.8, 4) is 0 Å². The number of hydrogen-bond donors (Lipinski definition) is 1. The van der Waals surface area contributed by atoms with Gasteiger partial charge in [-0.05, 0) is 18.7 Å². The number of rotatable bonds is 5. The van der Waals surface area contributed by atoms with Gasteiger partial charge in [0.25, 0.3) is 0 Å². The quantitative estimate of drug-likeness (QED) is 0.784. The molecule has 104 valence electrons. The molecule has 0 saturated heterocycles. The highest BCUT2D eigenvalue weighted by molar-refractivity contribution is 7.07. The topological polar surface area (TPSA) is 42.7 Å². The maximum Gasteiger partial charge on any atom is 0.111 e. The molecule has 4 nitrogen and oxygen atoms in total. The van der Waals surface area contributed by atoms with E-state index in [4.69, 9.17) is 4.98 Å². The number of benzene rings is 1. The number of aromatic nitrogens is 3. The van der Waals surface area contributed by atoms with Crippen LogP contribution in [-0.2, 0) is 13.5 Å². The minimum absolute atomic E-state index is 0.224. The van der Waals surface area contributed by atoms with Gasteiger partial charge in [-0.2, -0.15) is 0 Å². The molecule has 5 heteroatoms. The van der Waals surface area contributed by atoms with Crippen LogP contribution in [0.1, 0.15) is 24.5 Å². The van der Waals surface area contributed by atoms with Crippen molar-refractivity contribution in [2.45, 2.75) is 19.4 Å². The number of imidazole rings is 1. The molecule has 0 radical (unpaired) electrons. The molecule has 3 aromatic rings. The normalized spacial score (nSPS) is 12.9. The van der Waals surface area contributed by atoms with Crippen LogP contribution in [0.15, 0.2) is 35.2 Å². The number of hydrogen-bond acceptors (Lipinski definition) is 4. The Kier molecular flexibility index (Phi) is 3.80. The van der Waals surface area contributed by atoms with Gasteiger partial charge in [0.15, 0.2) is 0 Å². The largest absolute Gasteiger partial charge is 0.331 e. The van der Waals surface area contributed by atoms with Crippen molar-refractivity contribution < 1.29 is 0 Å². The molecule has 1 atom stereocenters. The summed E-state index contributed by atoms with van der Waals surface area (Å²) in [6.07, 6.45) is 0.850. The number of likely N-dealkylation sites (N-methyl/N-ethyl adjacent to an activating group) is 1. The van der Waals surface area contributed by atoms with Gasteiger partial charge in [-0.25, -0.2) is 9.97 Å². The fourth-order valence-electron chi connectivity index (χ4n) is 2.48. The second kappa shape index (κ2) is 5.73. The first-order chi connectivity index (χ1) is 9.79. The number of fused-ring (bicyclic) bond motifs is 1. The molecular weight excluding hydrogens is 268 g/mol. The molecule has 0 saturated carbocycles. The highest BCUT2D eigenvalue weighted by Crippen LogP contribution is 2.21. The van der Waals surface area contributed by atoms with E-state index in [2.05, 4.69) is 52.4 Å². The molecule has 2 aromatic heterocycles. The van der Waals surface area contributed by atoms with Gasteiger partial charge in [0.2, 0.25) is 0 Å². The van der Waals surface area contributed by atoms with Crippen molar-refractivity contribution in [3.63, 3.8) is 0 Å². The van der Waals surface area contributed by atoms with Crippen molar-refractivity contribution in [3.05, 3.63) is 46.7 Å². The van der Waals surface area contributed by atoms with E-state index in [0.29, 0.717) is 0 Å². The summed E-state index contributed by atoms with van der Waals surface area (Å²) in [5, 5.41) is 5.60. The van der Waals surface area contributed by atoms with Gasteiger partial charge in [-0.1, -0.05) is 19.1 Å². The van der Waals surface area contributed by atoms with Gasteiger partial charge in [-0.3, -0.25) is 0 Å². The lowest BCUT2D eigenvalue weighted by molar-refractivity contribution is 0.521. The average Bonchev–Trinajstić information content (AvgIpc) is 3.08. The molecule has 0 spiro atoms. The van der Waals surface area contributed by atoms with Crippen molar-refractivity contribution in [2.24, 2.45) is 7.05 Å². The fourth-order valence-corrected chi connectivity index (χ4v) is 3.09. The third-order valence-corrected chi connectivity index (χ3v) is 4.13. The Morgan fingerprint density at radius 2 is 2.20 bits per heavy atom. The van der Waals surface area contributed by atoms with Gasteiger partial charge < -0.3 is 9.88 Å². The van der Waals surface area contributed by atoms with Crippen LogP contribution in [-0.4, -0.2) is 21.1 Å². The number of thiazole rings is 1. The maximum absolute atomic E-state index is 4.74. The van der Waals surface area contributed by atoms with Crippen LogP contribution >= 0.6 is 11.3 Å². The highest BCUT2D eigenvalue weighted by atomic mass is 32.1. The SMILES string of the molecule is CCNC(Cc1nc2ccccc2n1C)c1cscn1. The lowest BCUT2D eigenvalue weighted by atomic mass is 10.1. The number of nitrogens with zero attached hydrogens (tertiary/aromatic N) is 3. The fraction of sp³-hybridized carbons (Fsp3) is 0.333. The number of para-hydroxylation sites is 2. The Balaban J connectivity index is 1.92. The van der Waals surface area contributed by atoms with Crippen molar-refractivity contribution >= 4 is 22.4 Å². The molecule has 0 aliphatic heterocycles. The van der Waals surface area contributed by atoms with Crippen molar-refractivity contribution in [1.29, 1.82) is 0 Å². The molecule has 1 aromatic carbocycles. The molecule has 0 aliphatic carbocycles. The van der Waals surface area contributed by atoms with E-state index >= 15 is 0 Å². The Morgan fingerprint density at radius 1 is 1.35 bits per heavy atom. The smallest absolute Gasteiger partial charge is 0.111 e. The summed E-state index contributed by atoms with van der Waals surface area (Å²) < 4.78 is 2.17. The van der Waals surface area contributed by atoms with E-state index in [1.54, 1.807) is 11.3 Å². The molecule has 0 aliphatic rings. The van der Waals surface area contributed by atoms with Crippen molar-refractivity contribution in [2.75, 3.05) is 6.54 Å². The standard InChI is InChI=1S/C15H18N4S/c1-3-16-12(13-9-20-10-17-13)8-15-18-11-6-4-5-7-14(11)19(15)2/h4-7,9-10,12,16H,3,8H2,1-2H3. The first-order valence-electron chi connectivity index (χ1n) is 6.81. The number of nitrogens with one attached hydrogen (secondary N) is 1. The zero-order valence-electron chi connectivity index (χ0n) is 11.7. The highest BCUT2D eigenvalue weighted by Gasteiger charge is 2.17. The van der Waals surface area contributed by atoms with Gasteiger partial charge in [0.05, 0.1) is 28.3 Å². The van der Waals surface area contributed by atoms with Crippen LogP contribution in [0.25, 0.3) is 11.0 Å². The van der Waals surface area contributed by atoms with Crippen LogP contribution in [0.5, 0.6) is 0 Å². The van der Waals surface area contributed by atoms with Gasteiger partial charge in [-0.15, -0.1) is 11.3 Å². The summed E-state index contributed by atoms with van der Waals surface area (Å²) in [6.45, 7) is 3.04.